The number of hydrogen-bond acceptors (Lipinski definition) is 2. The molecule has 1 N–H and O–H groups in total. The Morgan fingerprint density at radius 1 is 1.33 bits per heavy atom. The van der Waals surface area contributed by atoms with Crippen LogP contribution in [-0.2, 0) is 11.3 Å². The fourth-order valence-electron chi connectivity index (χ4n) is 1.88. The van der Waals surface area contributed by atoms with Crippen LogP contribution in [0.1, 0.15) is 11.1 Å². The van der Waals surface area contributed by atoms with Crippen LogP contribution in [0, 0.1) is 11.3 Å². The van der Waals surface area contributed by atoms with E-state index in [0.717, 1.165) is 38.4 Å². The fourth-order valence-corrected chi connectivity index (χ4v) is 1.88. The molecule has 0 unspecified atom stereocenters. The van der Waals surface area contributed by atoms with Crippen LogP contribution < -0.4 is 4.90 Å². The molecular weight excluding hydrogens is 188 g/mol. The second kappa shape index (κ2) is 4.92. The van der Waals surface area contributed by atoms with Gasteiger partial charge in [-0.05, 0) is 12.1 Å². The Bertz CT molecular complexity index is 364. The van der Waals surface area contributed by atoms with Gasteiger partial charge in [-0.25, -0.2) is 0 Å². The van der Waals surface area contributed by atoms with E-state index in [-0.39, 0.29) is 0 Å². The lowest BCUT2D eigenvalue weighted by molar-refractivity contribution is -0.921. The lowest BCUT2D eigenvalue weighted by Gasteiger charge is -2.23. The van der Waals surface area contributed by atoms with Gasteiger partial charge in [-0.15, -0.1) is 0 Å². The summed E-state index contributed by atoms with van der Waals surface area (Å²) >= 11 is 0. The van der Waals surface area contributed by atoms with Crippen LogP contribution in [0.5, 0.6) is 0 Å². The minimum absolute atomic E-state index is 0.750. The third kappa shape index (κ3) is 2.79. The number of morpholine rings is 1. The van der Waals surface area contributed by atoms with E-state index in [1.165, 1.54) is 10.5 Å². The number of benzene rings is 1. The predicted octanol–water partition coefficient (Wildman–Crippen LogP) is -0.0266. The Hall–Kier alpha value is -1.37. The van der Waals surface area contributed by atoms with Crippen molar-refractivity contribution in [1.29, 1.82) is 5.26 Å². The molecule has 15 heavy (non-hydrogen) atoms. The molecule has 1 aliphatic rings. The van der Waals surface area contributed by atoms with Crippen molar-refractivity contribution >= 4 is 0 Å². The van der Waals surface area contributed by atoms with Gasteiger partial charge in [0.2, 0.25) is 0 Å². The van der Waals surface area contributed by atoms with E-state index in [0.29, 0.717) is 0 Å². The van der Waals surface area contributed by atoms with Crippen molar-refractivity contribution < 1.29 is 9.64 Å². The van der Waals surface area contributed by atoms with Crippen LogP contribution in [0.4, 0.5) is 0 Å². The van der Waals surface area contributed by atoms with Crippen molar-refractivity contribution in [1.82, 2.24) is 0 Å². The zero-order valence-corrected chi connectivity index (χ0v) is 8.70. The van der Waals surface area contributed by atoms with Gasteiger partial charge in [-0.2, -0.15) is 5.26 Å². The highest BCUT2D eigenvalue weighted by molar-refractivity contribution is 5.32. The number of nitrogens with zero attached hydrogens (tertiary/aromatic N) is 1. The van der Waals surface area contributed by atoms with Gasteiger partial charge < -0.3 is 9.64 Å². The van der Waals surface area contributed by atoms with Crippen molar-refractivity contribution in [3.63, 3.8) is 0 Å². The molecule has 0 atom stereocenters. The average Bonchev–Trinajstić information content (AvgIpc) is 2.31. The molecule has 1 saturated heterocycles. The summed E-state index contributed by atoms with van der Waals surface area (Å²) in [6, 6.07) is 10.0. The van der Waals surface area contributed by atoms with E-state index < -0.39 is 0 Å². The van der Waals surface area contributed by atoms with Crippen molar-refractivity contribution in [3.8, 4) is 6.07 Å². The standard InChI is InChI=1S/C12H14N2O/c13-9-11-2-1-3-12(8-11)10-14-4-6-15-7-5-14/h1-3,8H,4-7,10H2/p+1. The molecule has 0 radical (unpaired) electrons. The number of rotatable bonds is 2. The van der Waals surface area contributed by atoms with Gasteiger partial charge in [-0.1, -0.05) is 12.1 Å². The molecular formula is C12H15N2O+. The van der Waals surface area contributed by atoms with E-state index in [2.05, 4.69) is 12.1 Å². The molecule has 1 fully saturated rings. The summed E-state index contributed by atoms with van der Waals surface area (Å²) in [6.45, 7) is 4.84. The quantitative estimate of drug-likeness (QED) is 0.733. The molecule has 3 heteroatoms. The van der Waals surface area contributed by atoms with Gasteiger partial charge in [0.25, 0.3) is 0 Å². The Balaban J connectivity index is 2.00. The third-order valence-corrected chi connectivity index (χ3v) is 2.71. The first kappa shape index (κ1) is 10.2. The van der Waals surface area contributed by atoms with Gasteiger partial charge in [0, 0.05) is 5.56 Å². The summed E-state index contributed by atoms with van der Waals surface area (Å²) in [5.74, 6) is 0. The zero-order chi connectivity index (χ0) is 10.5. The number of nitrogens with one attached hydrogen (secondary N) is 1. The molecule has 1 heterocycles. The summed E-state index contributed by atoms with van der Waals surface area (Å²) in [7, 11) is 0. The van der Waals surface area contributed by atoms with Crippen molar-refractivity contribution in [2.24, 2.45) is 0 Å². The van der Waals surface area contributed by atoms with Crippen LogP contribution in [0.2, 0.25) is 0 Å². The zero-order valence-electron chi connectivity index (χ0n) is 8.70. The lowest BCUT2D eigenvalue weighted by Crippen LogP contribution is -3.12. The average molecular weight is 203 g/mol. The first-order valence-corrected chi connectivity index (χ1v) is 5.29. The van der Waals surface area contributed by atoms with Crippen molar-refractivity contribution in [2.75, 3.05) is 26.3 Å². The monoisotopic (exact) mass is 203 g/mol. The molecule has 1 aromatic carbocycles. The molecule has 0 saturated carbocycles. The highest BCUT2D eigenvalue weighted by Crippen LogP contribution is 2.02. The maximum Gasteiger partial charge on any atom is 0.103 e. The van der Waals surface area contributed by atoms with E-state index in [1.807, 2.05) is 18.2 Å². The lowest BCUT2D eigenvalue weighted by atomic mass is 10.1. The normalized spacial score (nSPS) is 17.3. The molecule has 0 aromatic heterocycles. The second-order valence-corrected chi connectivity index (χ2v) is 3.85. The smallest absolute Gasteiger partial charge is 0.103 e. The predicted molar refractivity (Wildman–Crippen MR) is 56.4 cm³/mol. The summed E-state index contributed by atoms with van der Waals surface area (Å²) in [4.78, 5) is 1.54. The molecule has 0 spiro atoms. The van der Waals surface area contributed by atoms with E-state index >= 15 is 0 Å². The SMILES string of the molecule is N#Cc1cccc(C[NH+]2CCOCC2)c1. The summed E-state index contributed by atoms with van der Waals surface area (Å²) in [5.41, 5.74) is 1.99. The van der Waals surface area contributed by atoms with Crippen LogP contribution in [0.15, 0.2) is 24.3 Å². The number of nitriles is 1. The molecule has 2 rings (SSSR count). The summed E-state index contributed by atoms with van der Waals surface area (Å²) < 4.78 is 5.31. The van der Waals surface area contributed by atoms with Crippen LogP contribution in [0.3, 0.4) is 0 Å². The topological polar surface area (TPSA) is 37.5 Å². The molecule has 3 nitrogen and oxygen atoms in total. The first-order valence-electron chi connectivity index (χ1n) is 5.29. The van der Waals surface area contributed by atoms with Gasteiger partial charge in [0.15, 0.2) is 0 Å². The highest BCUT2D eigenvalue weighted by Gasteiger charge is 2.13. The molecule has 1 aromatic rings. The van der Waals surface area contributed by atoms with Gasteiger partial charge >= 0.3 is 0 Å². The fraction of sp³-hybridized carbons (Fsp3) is 0.417. The van der Waals surface area contributed by atoms with Gasteiger partial charge in [0.1, 0.15) is 19.6 Å². The Kier molecular flexibility index (Phi) is 3.33. The number of hydrogen-bond donors (Lipinski definition) is 1. The Labute approximate surface area is 89.9 Å². The number of ether oxygens (including phenoxy) is 1. The van der Waals surface area contributed by atoms with E-state index in [9.17, 15) is 0 Å². The maximum atomic E-state index is 8.79. The minimum Gasteiger partial charge on any atom is -0.370 e. The van der Waals surface area contributed by atoms with Crippen LogP contribution in [0.25, 0.3) is 0 Å². The van der Waals surface area contributed by atoms with Gasteiger partial charge in [0.05, 0.1) is 24.8 Å². The molecule has 0 aliphatic carbocycles. The third-order valence-electron chi connectivity index (χ3n) is 2.71. The van der Waals surface area contributed by atoms with Crippen molar-refractivity contribution in [2.45, 2.75) is 6.54 Å². The Morgan fingerprint density at radius 3 is 2.87 bits per heavy atom. The molecule has 0 bridgehead atoms. The van der Waals surface area contributed by atoms with Crippen LogP contribution >= 0.6 is 0 Å². The first-order chi connectivity index (χ1) is 7.38. The summed E-state index contributed by atoms with van der Waals surface area (Å²) in [6.07, 6.45) is 0. The summed E-state index contributed by atoms with van der Waals surface area (Å²) in [5, 5.41) is 8.79. The van der Waals surface area contributed by atoms with Crippen LogP contribution in [-0.4, -0.2) is 26.3 Å². The molecule has 0 amide bonds. The largest absolute Gasteiger partial charge is 0.370 e. The second-order valence-electron chi connectivity index (χ2n) is 3.85. The minimum atomic E-state index is 0.750. The van der Waals surface area contributed by atoms with Crippen molar-refractivity contribution in [3.05, 3.63) is 35.4 Å². The molecule has 78 valence electrons. The van der Waals surface area contributed by atoms with E-state index in [1.54, 1.807) is 0 Å². The molecule has 1 aliphatic heterocycles. The number of quaternary nitrogens is 1. The highest BCUT2D eigenvalue weighted by atomic mass is 16.5. The Morgan fingerprint density at radius 2 is 2.13 bits per heavy atom. The maximum absolute atomic E-state index is 8.79. The van der Waals surface area contributed by atoms with Gasteiger partial charge in [-0.3, -0.25) is 0 Å². The van der Waals surface area contributed by atoms with E-state index in [4.69, 9.17) is 10.00 Å².